The lowest BCUT2D eigenvalue weighted by molar-refractivity contribution is -0.141. The number of aryl methyl sites for hydroxylation is 1. The van der Waals surface area contributed by atoms with Gasteiger partial charge < -0.3 is 14.8 Å². The van der Waals surface area contributed by atoms with Crippen molar-refractivity contribution in [2.75, 3.05) is 14.2 Å². The molecule has 0 aliphatic rings. The van der Waals surface area contributed by atoms with Gasteiger partial charge in [0.05, 0.1) is 37.3 Å². The van der Waals surface area contributed by atoms with Gasteiger partial charge >= 0.3 is 5.97 Å². The van der Waals surface area contributed by atoms with E-state index in [1.807, 2.05) is 36.6 Å². The molecule has 0 saturated heterocycles. The van der Waals surface area contributed by atoms with Gasteiger partial charge in [-0.3, -0.25) is 9.59 Å². The summed E-state index contributed by atoms with van der Waals surface area (Å²) < 4.78 is 9.96. The highest BCUT2D eigenvalue weighted by atomic mass is 32.1. The maximum absolute atomic E-state index is 12.9. The summed E-state index contributed by atoms with van der Waals surface area (Å²) in [5.41, 5.74) is 1.46. The number of thiazole rings is 1. The predicted molar refractivity (Wildman–Crippen MR) is 110 cm³/mol. The van der Waals surface area contributed by atoms with E-state index < -0.39 is 12.0 Å². The van der Waals surface area contributed by atoms with Crippen molar-refractivity contribution in [3.8, 4) is 15.6 Å². The van der Waals surface area contributed by atoms with Gasteiger partial charge in [-0.2, -0.15) is 0 Å². The first kappa shape index (κ1) is 20.0. The zero-order valence-corrected chi connectivity index (χ0v) is 17.4. The fourth-order valence-electron chi connectivity index (χ4n) is 2.67. The van der Waals surface area contributed by atoms with Gasteiger partial charge in [-0.1, -0.05) is 18.2 Å². The molecule has 1 unspecified atom stereocenters. The molecule has 2 heterocycles. The first-order chi connectivity index (χ1) is 13.5. The van der Waals surface area contributed by atoms with Crippen molar-refractivity contribution < 1.29 is 19.1 Å². The molecule has 0 saturated carbocycles. The normalized spacial score (nSPS) is 11.7. The number of thiophene rings is 1. The summed E-state index contributed by atoms with van der Waals surface area (Å²) in [6.07, 6.45) is 0.0319. The third-order valence-electron chi connectivity index (χ3n) is 4.16. The summed E-state index contributed by atoms with van der Waals surface area (Å²) in [7, 11) is 2.91. The van der Waals surface area contributed by atoms with Crippen molar-refractivity contribution >= 4 is 34.6 Å². The minimum Gasteiger partial charge on any atom is -0.497 e. The fourth-order valence-corrected chi connectivity index (χ4v) is 4.44. The lowest BCUT2D eigenvalue weighted by Crippen LogP contribution is -2.30. The number of ether oxygens (including phenoxy) is 2. The van der Waals surface area contributed by atoms with Crippen molar-refractivity contribution in [2.24, 2.45) is 0 Å². The lowest BCUT2D eigenvalue weighted by atomic mass is 10.0. The van der Waals surface area contributed by atoms with E-state index in [1.165, 1.54) is 18.4 Å². The van der Waals surface area contributed by atoms with E-state index in [0.29, 0.717) is 16.3 Å². The highest BCUT2D eigenvalue weighted by Crippen LogP contribution is 2.31. The largest absolute Gasteiger partial charge is 0.497 e. The average molecular weight is 417 g/mol. The van der Waals surface area contributed by atoms with E-state index in [-0.39, 0.29) is 12.3 Å². The standard InChI is InChI=1S/C20H20N2O4S2/c1-12-18(28-20(21-12)16-5-4-10-27-16)19(24)22-15(11-17(23)26-3)13-6-8-14(25-2)9-7-13/h4-10,15H,11H2,1-3H3,(H,22,24). The van der Waals surface area contributed by atoms with Crippen LogP contribution in [-0.2, 0) is 9.53 Å². The van der Waals surface area contributed by atoms with Crippen LogP contribution in [0.3, 0.4) is 0 Å². The molecule has 146 valence electrons. The number of esters is 1. The second kappa shape index (κ2) is 8.99. The number of hydrogen-bond donors (Lipinski definition) is 1. The van der Waals surface area contributed by atoms with E-state index in [0.717, 1.165) is 15.4 Å². The number of benzene rings is 1. The Morgan fingerprint density at radius 1 is 1.18 bits per heavy atom. The van der Waals surface area contributed by atoms with Crippen LogP contribution in [0.15, 0.2) is 41.8 Å². The third-order valence-corrected chi connectivity index (χ3v) is 6.35. The van der Waals surface area contributed by atoms with Crippen LogP contribution in [0.4, 0.5) is 0 Å². The Balaban J connectivity index is 1.83. The molecule has 1 atom stereocenters. The summed E-state index contributed by atoms with van der Waals surface area (Å²) in [5.74, 6) is 0.0368. The molecule has 6 nitrogen and oxygen atoms in total. The van der Waals surface area contributed by atoms with Gasteiger partial charge in [0.1, 0.15) is 15.6 Å². The highest BCUT2D eigenvalue weighted by Gasteiger charge is 2.23. The van der Waals surface area contributed by atoms with Crippen LogP contribution in [0, 0.1) is 6.92 Å². The Bertz CT molecular complexity index is 949. The molecule has 2 aromatic heterocycles. The minimum atomic E-state index is -0.516. The first-order valence-electron chi connectivity index (χ1n) is 8.54. The van der Waals surface area contributed by atoms with Crippen LogP contribution >= 0.6 is 22.7 Å². The van der Waals surface area contributed by atoms with Gasteiger partial charge in [0, 0.05) is 0 Å². The number of aromatic nitrogens is 1. The molecule has 1 N–H and O–H groups in total. The zero-order valence-electron chi connectivity index (χ0n) is 15.7. The van der Waals surface area contributed by atoms with E-state index in [2.05, 4.69) is 10.3 Å². The predicted octanol–water partition coefficient (Wildman–Crippen LogP) is 4.22. The van der Waals surface area contributed by atoms with Crippen molar-refractivity contribution in [3.05, 3.63) is 57.9 Å². The number of nitrogens with zero attached hydrogens (tertiary/aromatic N) is 1. The van der Waals surface area contributed by atoms with Crippen LogP contribution in [0.2, 0.25) is 0 Å². The maximum Gasteiger partial charge on any atom is 0.307 e. The first-order valence-corrected chi connectivity index (χ1v) is 10.2. The molecule has 0 bridgehead atoms. The summed E-state index contributed by atoms with van der Waals surface area (Å²) in [6, 6.07) is 10.6. The minimum absolute atomic E-state index is 0.0319. The quantitative estimate of drug-likeness (QED) is 0.584. The van der Waals surface area contributed by atoms with Gasteiger partial charge in [-0.25, -0.2) is 4.98 Å². The fraction of sp³-hybridized carbons (Fsp3) is 0.250. The topological polar surface area (TPSA) is 77.5 Å². The maximum atomic E-state index is 12.9. The second-order valence-electron chi connectivity index (χ2n) is 5.99. The third kappa shape index (κ3) is 4.58. The summed E-state index contributed by atoms with van der Waals surface area (Å²) in [4.78, 5) is 30.8. The Hall–Kier alpha value is -2.71. The zero-order chi connectivity index (χ0) is 20.1. The molecular formula is C20H20N2O4S2. The Morgan fingerprint density at radius 3 is 2.54 bits per heavy atom. The number of methoxy groups -OCH3 is 2. The molecule has 0 fully saturated rings. The molecule has 0 spiro atoms. The molecule has 1 aromatic carbocycles. The summed E-state index contributed by atoms with van der Waals surface area (Å²) >= 11 is 2.92. The highest BCUT2D eigenvalue weighted by molar-refractivity contribution is 7.22. The van der Waals surface area contributed by atoms with Crippen LogP contribution in [0.5, 0.6) is 5.75 Å². The van der Waals surface area contributed by atoms with Gasteiger partial charge in [-0.05, 0) is 36.1 Å². The molecule has 3 rings (SSSR count). The number of carbonyl (C=O) groups excluding carboxylic acids is 2. The Kier molecular flexibility index (Phi) is 6.43. The molecule has 1 amide bonds. The monoisotopic (exact) mass is 416 g/mol. The van der Waals surface area contributed by atoms with Crippen molar-refractivity contribution in [1.82, 2.24) is 10.3 Å². The Morgan fingerprint density at radius 2 is 1.93 bits per heavy atom. The summed E-state index contributed by atoms with van der Waals surface area (Å²) in [6.45, 7) is 1.81. The van der Waals surface area contributed by atoms with Gasteiger partial charge in [-0.15, -0.1) is 22.7 Å². The number of hydrogen-bond acceptors (Lipinski definition) is 7. The lowest BCUT2D eigenvalue weighted by Gasteiger charge is -2.18. The van der Waals surface area contributed by atoms with Crippen molar-refractivity contribution in [3.63, 3.8) is 0 Å². The SMILES string of the molecule is COC(=O)CC(NC(=O)c1sc(-c2cccs2)nc1C)c1ccc(OC)cc1. The number of amides is 1. The number of carbonyl (C=O) groups is 2. The van der Waals surface area contributed by atoms with Crippen LogP contribution in [0.25, 0.3) is 9.88 Å². The van der Waals surface area contributed by atoms with E-state index in [1.54, 1.807) is 30.6 Å². The average Bonchev–Trinajstić information content (AvgIpc) is 3.37. The molecular weight excluding hydrogens is 396 g/mol. The van der Waals surface area contributed by atoms with Gasteiger partial charge in [0.2, 0.25) is 0 Å². The van der Waals surface area contributed by atoms with E-state index in [4.69, 9.17) is 9.47 Å². The van der Waals surface area contributed by atoms with Gasteiger partial charge in [0.25, 0.3) is 5.91 Å². The molecule has 3 aromatic rings. The molecule has 0 aliphatic heterocycles. The van der Waals surface area contributed by atoms with E-state index in [9.17, 15) is 9.59 Å². The molecule has 0 aliphatic carbocycles. The smallest absolute Gasteiger partial charge is 0.307 e. The molecule has 8 heteroatoms. The van der Waals surface area contributed by atoms with Crippen molar-refractivity contribution in [1.29, 1.82) is 0 Å². The van der Waals surface area contributed by atoms with Crippen molar-refractivity contribution in [2.45, 2.75) is 19.4 Å². The van der Waals surface area contributed by atoms with Crippen LogP contribution in [0.1, 0.15) is 33.4 Å². The second-order valence-corrected chi connectivity index (χ2v) is 7.94. The van der Waals surface area contributed by atoms with Crippen LogP contribution in [-0.4, -0.2) is 31.1 Å². The van der Waals surface area contributed by atoms with Gasteiger partial charge in [0.15, 0.2) is 0 Å². The van der Waals surface area contributed by atoms with Crippen LogP contribution < -0.4 is 10.1 Å². The summed E-state index contributed by atoms with van der Waals surface area (Å²) in [5, 5.41) is 5.73. The van der Waals surface area contributed by atoms with E-state index >= 15 is 0 Å². The number of rotatable bonds is 7. The number of nitrogens with one attached hydrogen (secondary N) is 1. The molecule has 28 heavy (non-hydrogen) atoms. The molecule has 0 radical (unpaired) electrons. The Labute approximate surface area is 171 Å².